The number of carbonyl (C=O) groups is 2. The zero-order valence-corrected chi connectivity index (χ0v) is 12.9. The van der Waals surface area contributed by atoms with Crippen LogP contribution in [0.15, 0.2) is 11.6 Å². The summed E-state index contributed by atoms with van der Waals surface area (Å²) >= 11 is 0. The summed E-state index contributed by atoms with van der Waals surface area (Å²) in [5.74, 6) is -2.81. The Hall–Kier alpha value is -1.04. The van der Waals surface area contributed by atoms with Crippen molar-refractivity contribution in [3.05, 3.63) is 11.6 Å². The molecule has 2 aliphatic rings. The molecule has 0 spiro atoms. The van der Waals surface area contributed by atoms with Crippen molar-refractivity contribution in [1.82, 2.24) is 0 Å². The molecule has 2 atom stereocenters. The fraction of sp³-hybridized carbons (Fsp3) is 0.733. The molecule has 1 N–H and O–H groups in total. The molecule has 0 unspecified atom stereocenters. The van der Waals surface area contributed by atoms with E-state index in [2.05, 4.69) is 0 Å². The highest BCUT2D eigenvalue weighted by atomic mass is 17.2. The molecule has 0 aromatic rings. The van der Waals surface area contributed by atoms with Crippen molar-refractivity contribution in [2.45, 2.75) is 59.4 Å². The van der Waals surface area contributed by atoms with E-state index >= 15 is 0 Å². The highest BCUT2D eigenvalue weighted by molar-refractivity contribution is 6.19. The van der Waals surface area contributed by atoms with Crippen molar-refractivity contribution < 1.29 is 24.5 Å². The summed E-state index contributed by atoms with van der Waals surface area (Å²) in [6.45, 7) is 9.95. The minimum absolute atomic E-state index is 0.114. The van der Waals surface area contributed by atoms with Gasteiger partial charge in [-0.2, -0.15) is 4.89 Å². The number of Topliss-reactive ketones (excluding diaryl/α,β-unsaturated/α-hetero) is 2. The maximum Gasteiger partial charge on any atom is 0.240 e. The molecular formula is C15H22O5. The summed E-state index contributed by atoms with van der Waals surface area (Å²) < 4.78 is 0. The molecular weight excluding hydrogens is 260 g/mol. The molecule has 0 aromatic carbocycles. The summed E-state index contributed by atoms with van der Waals surface area (Å²) in [7, 11) is 0. The molecule has 1 heterocycles. The van der Waals surface area contributed by atoms with Crippen molar-refractivity contribution >= 4 is 11.6 Å². The van der Waals surface area contributed by atoms with Crippen LogP contribution in [0.2, 0.25) is 0 Å². The van der Waals surface area contributed by atoms with Gasteiger partial charge in [0, 0.05) is 0 Å². The second-order valence-electron chi connectivity index (χ2n) is 6.94. The predicted octanol–water partition coefficient (Wildman–Crippen LogP) is 1.94. The summed E-state index contributed by atoms with van der Waals surface area (Å²) in [6, 6.07) is 0. The predicted molar refractivity (Wildman–Crippen MR) is 71.5 cm³/mol. The third-order valence-corrected chi connectivity index (χ3v) is 4.66. The Labute approximate surface area is 118 Å². The van der Waals surface area contributed by atoms with Crippen LogP contribution in [-0.4, -0.2) is 28.1 Å². The van der Waals surface area contributed by atoms with E-state index in [9.17, 15) is 14.7 Å². The molecule has 20 heavy (non-hydrogen) atoms. The zero-order chi connectivity index (χ0) is 15.6. The van der Waals surface area contributed by atoms with Crippen LogP contribution >= 0.6 is 0 Å². The maximum atomic E-state index is 12.6. The molecule has 0 saturated heterocycles. The van der Waals surface area contributed by atoms with Gasteiger partial charge in [-0.15, -0.1) is 0 Å². The van der Waals surface area contributed by atoms with Gasteiger partial charge in [0.1, 0.15) is 5.60 Å². The highest BCUT2D eigenvalue weighted by Gasteiger charge is 2.67. The standard InChI is InChI=1S/C15H22O5/c1-7-14(6)8-9-10(16)12(2,3)11(17)13(4,5)15(9,18)20-19-14/h8,18H,7H2,1-6H3/t14-,15-/m1/s1. The second kappa shape index (κ2) is 4.00. The fourth-order valence-electron chi connectivity index (χ4n) is 2.82. The van der Waals surface area contributed by atoms with Crippen LogP contribution in [0.25, 0.3) is 0 Å². The molecule has 1 aliphatic carbocycles. The average Bonchev–Trinajstić information content (AvgIpc) is 2.38. The Kier molecular flexibility index (Phi) is 3.07. The number of ketones is 2. The molecule has 1 saturated carbocycles. The maximum absolute atomic E-state index is 12.6. The van der Waals surface area contributed by atoms with Crippen LogP contribution in [0.3, 0.4) is 0 Å². The van der Waals surface area contributed by atoms with Crippen LogP contribution in [-0.2, 0) is 19.4 Å². The van der Waals surface area contributed by atoms with Crippen molar-refractivity contribution in [2.75, 3.05) is 0 Å². The van der Waals surface area contributed by atoms with E-state index < -0.39 is 28.0 Å². The Bertz CT molecular complexity index is 516. The number of rotatable bonds is 1. The third-order valence-electron chi connectivity index (χ3n) is 4.66. The van der Waals surface area contributed by atoms with Gasteiger partial charge < -0.3 is 5.11 Å². The first-order valence-electron chi connectivity index (χ1n) is 6.84. The Morgan fingerprint density at radius 2 is 1.65 bits per heavy atom. The molecule has 0 radical (unpaired) electrons. The van der Waals surface area contributed by atoms with Crippen molar-refractivity contribution in [3.8, 4) is 0 Å². The molecule has 0 amide bonds. The number of carbonyl (C=O) groups excluding carboxylic acids is 2. The summed E-state index contributed by atoms with van der Waals surface area (Å²) in [4.78, 5) is 35.6. The summed E-state index contributed by atoms with van der Waals surface area (Å²) in [5, 5.41) is 10.8. The minimum atomic E-state index is -2.04. The molecule has 0 bridgehead atoms. The van der Waals surface area contributed by atoms with Gasteiger partial charge >= 0.3 is 0 Å². The van der Waals surface area contributed by atoms with Gasteiger partial charge in [-0.25, -0.2) is 4.89 Å². The van der Waals surface area contributed by atoms with E-state index in [1.165, 1.54) is 0 Å². The van der Waals surface area contributed by atoms with Crippen LogP contribution < -0.4 is 0 Å². The topological polar surface area (TPSA) is 72.8 Å². The minimum Gasteiger partial charge on any atom is -0.359 e. The number of aliphatic hydroxyl groups is 1. The Balaban J connectivity index is 2.69. The Morgan fingerprint density at radius 3 is 2.15 bits per heavy atom. The van der Waals surface area contributed by atoms with Gasteiger partial charge in [0.05, 0.1) is 16.4 Å². The number of hydrogen-bond acceptors (Lipinski definition) is 5. The smallest absolute Gasteiger partial charge is 0.240 e. The lowest BCUT2D eigenvalue weighted by Crippen LogP contribution is -2.66. The van der Waals surface area contributed by atoms with E-state index in [1.54, 1.807) is 40.7 Å². The van der Waals surface area contributed by atoms with Crippen LogP contribution in [0.5, 0.6) is 0 Å². The molecule has 1 aliphatic heterocycles. The molecule has 112 valence electrons. The normalized spacial score (nSPS) is 39.2. The number of hydrogen-bond donors (Lipinski definition) is 1. The van der Waals surface area contributed by atoms with Crippen LogP contribution in [0, 0.1) is 10.8 Å². The molecule has 1 fully saturated rings. The van der Waals surface area contributed by atoms with Gasteiger partial charge in [0.25, 0.3) is 0 Å². The average molecular weight is 282 g/mol. The largest absolute Gasteiger partial charge is 0.359 e. The lowest BCUT2D eigenvalue weighted by Gasteiger charge is -2.52. The third kappa shape index (κ3) is 1.66. The van der Waals surface area contributed by atoms with E-state index in [1.807, 2.05) is 6.92 Å². The van der Waals surface area contributed by atoms with E-state index in [-0.39, 0.29) is 11.4 Å². The summed E-state index contributed by atoms with van der Waals surface area (Å²) in [6.07, 6.45) is 2.17. The van der Waals surface area contributed by atoms with Gasteiger partial charge in [-0.3, -0.25) is 9.59 Å². The molecule has 5 heteroatoms. The zero-order valence-electron chi connectivity index (χ0n) is 12.9. The monoisotopic (exact) mass is 282 g/mol. The van der Waals surface area contributed by atoms with E-state index in [4.69, 9.17) is 9.78 Å². The van der Waals surface area contributed by atoms with E-state index in [0.717, 1.165) is 0 Å². The highest BCUT2D eigenvalue weighted by Crippen LogP contribution is 2.53. The lowest BCUT2D eigenvalue weighted by atomic mass is 9.57. The fourth-order valence-corrected chi connectivity index (χ4v) is 2.82. The van der Waals surface area contributed by atoms with Crippen molar-refractivity contribution in [3.63, 3.8) is 0 Å². The van der Waals surface area contributed by atoms with Gasteiger partial charge in [0.2, 0.25) is 5.79 Å². The SMILES string of the molecule is CC[C@]1(C)C=C2C(=O)C(C)(C)C(=O)C(C)(C)[C@]2(O)OO1. The van der Waals surface area contributed by atoms with Gasteiger partial charge in [-0.05, 0) is 47.1 Å². The second-order valence-corrected chi connectivity index (χ2v) is 6.94. The van der Waals surface area contributed by atoms with Crippen molar-refractivity contribution in [2.24, 2.45) is 10.8 Å². The molecule has 5 nitrogen and oxygen atoms in total. The first-order valence-corrected chi connectivity index (χ1v) is 6.84. The van der Waals surface area contributed by atoms with E-state index in [0.29, 0.717) is 6.42 Å². The first-order chi connectivity index (χ1) is 8.92. The molecule has 2 rings (SSSR count). The lowest BCUT2D eigenvalue weighted by molar-refractivity contribution is -0.464. The van der Waals surface area contributed by atoms with Crippen LogP contribution in [0.1, 0.15) is 48.0 Å². The Morgan fingerprint density at radius 1 is 1.10 bits per heavy atom. The molecule has 0 aromatic heterocycles. The van der Waals surface area contributed by atoms with Gasteiger partial charge in [-0.1, -0.05) is 6.92 Å². The first kappa shape index (κ1) is 15.4. The number of fused-ring (bicyclic) bond motifs is 1. The van der Waals surface area contributed by atoms with Crippen LogP contribution in [0.4, 0.5) is 0 Å². The quantitative estimate of drug-likeness (QED) is 0.587. The summed E-state index contributed by atoms with van der Waals surface area (Å²) in [5.41, 5.74) is -3.13. The van der Waals surface area contributed by atoms with Gasteiger partial charge in [0.15, 0.2) is 11.6 Å². The van der Waals surface area contributed by atoms with Crippen molar-refractivity contribution in [1.29, 1.82) is 0 Å².